The minimum absolute atomic E-state index is 0.241. The number of para-hydroxylation sites is 1. The zero-order valence-corrected chi connectivity index (χ0v) is 13.6. The lowest BCUT2D eigenvalue weighted by molar-refractivity contribution is 0.0458. The summed E-state index contributed by atoms with van der Waals surface area (Å²) in [4.78, 5) is 0. The second kappa shape index (κ2) is 7.52. The smallest absolute Gasteiger partial charge is 0.127 e. The molecule has 0 radical (unpaired) electrons. The van der Waals surface area contributed by atoms with Crippen LogP contribution in [0.15, 0.2) is 18.2 Å². The van der Waals surface area contributed by atoms with Crippen LogP contribution in [0.4, 0.5) is 0 Å². The second-order valence-corrected chi connectivity index (χ2v) is 6.85. The molecule has 116 valence electrons. The van der Waals surface area contributed by atoms with Crippen molar-refractivity contribution in [2.24, 2.45) is 0 Å². The van der Waals surface area contributed by atoms with Gasteiger partial charge in [-0.2, -0.15) is 11.8 Å². The van der Waals surface area contributed by atoms with Crippen LogP contribution in [0.2, 0.25) is 0 Å². The van der Waals surface area contributed by atoms with E-state index in [1.165, 1.54) is 11.1 Å². The van der Waals surface area contributed by atoms with Gasteiger partial charge in [0.2, 0.25) is 0 Å². The summed E-state index contributed by atoms with van der Waals surface area (Å²) in [6.45, 7) is 4.91. The van der Waals surface area contributed by atoms with Crippen molar-refractivity contribution in [3.05, 3.63) is 29.3 Å². The average molecular weight is 307 g/mol. The van der Waals surface area contributed by atoms with Crippen LogP contribution >= 0.6 is 11.8 Å². The molecule has 2 aliphatic rings. The quantitative estimate of drug-likeness (QED) is 0.905. The van der Waals surface area contributed by atoms with Gasteiger partial charge >= 0.3 is 0 Å². The minimum atomic E-state index is 0.241. The van der Waals surface area contributed by atoms with Gasteiger partial charge < -0.3 is 14.8 Å². The molecule has 2 aliphatic heterocycles. The Morgan fingerprint density at radius 1 is 1.38 bits per heavy atom. The van der Waals surface area contributed by atoms with Crippen molar-refractivity contribution in [2.75, 3.05) is 31.3 Å². The summed E-state index contributed by atoms with van der Waals surface area (Å²) >= 11 is 1.99. The molecule has 1 N–H and O–H groups in total. The van der Waals surface area contributed by atoms with E-state index in [1.807, 2.05) is 11.8 Å². The molecule has 0 amide bonds. The molecule has 0 spiro atoms. The average Bonchev–Trinajstić information content (AvgIpc) is 2.56. The minimum Gasteiger partial charge on any atom is -0.493 e. The third-order valence-corrected chi connectivity index (χ3v) is 5.15. The molecule has 1 aromatic rings. The van der Waals surface area contributed by atoms with Crippen molar-refractivity contribution in [2.45, 2.75) is 38.3 Å². The summed E-state index contributed by atoms with van der Waals surface area (Å²) in [6.07, 6.45) is 3.63. The van der Waals surface area contributed by atoms with E-state index in [2.05, 4.69) is 30.4 Å². The molecule has 3 nitrogen and oxygen atoms in total. The predicted octanol–water partition coefficient (Wildman–Crippen LogP) is 3.18. The number of nitrogens with one attached hydrogen (secondary N) is 1. The molecule has 2 heterocycles. The van der Waals surface area contributed by atoms with Crippen LogP contribution in [-0.2, 0) is 11.2 Å². The van der Waals surface area contributed by atoms with E-state index >= 15 is 0 Å². The first kappa shape index (κ1) is 15.2. The summed E-state index contributed by atoms with van der Waals surface area (Å²) in [5.41, 5.74) is 2.64. The first-order valence-corrected chi connectivity index (χ1v) is 9.23. The van der Waals surface area contributed by atoms with Gasteiger partial charge in [-0.3, -0.25) is 0 Å². The van der Waals surface area contributed by atoms with Crippen molar-refractivity contribution in [3.63, 3.8) is 0 Å². The Morgan fingerprint density at radius 2 is 2.33 bits per heavy atom. The number of thioether (sulfide) groups is 1. The van der Waals surface area contributed by atoms with Gasteiger partial charge in [0.25, 0.3) is 0 Å². The normalized spacial score (nSPS) is 23.2. The summed E-state index contributed by atoms with van der Waals surface area (Å²) in [5, 5.41) is 3.69. The van der Waals surface area contributed by atoms with Crippen molar-refractivity contribution >= 4 is 11.8 Å². The van der Waals surface area contributed by atoms with Crippen LogP contribution in [0.5, 0.6) is 5.75 Å². The molecular formula is C17H25NO2S. The van der Waals surface area contributed by atoms with Gasteiger partial charge in [0.15, 0.2) is 0 Å². The van der Waals surface area contributed by atoms with E-state index in [4.69, 9.17) is 9.47 Å². The van der Waals surface area contributed by atoms with Gasteiger partial charge in [-0.25, -0.2) is 0 Å². The Balaban J connectivity index is 1.87. The first-order valence-electron chi connectivity index (χ1n) is 8.07. The Morgan fingerprint density at radius 3 is 3.14 bits per heavy atom. The Labute approximate surface area is 131 Å². The lowest BCUT2D eigenvalue weighted by atomic mass is 9.95. The summed E-state index contributed by atoms with van der Waals surface area (Å²) in [5.74, 6) is 3.28. The fourth-order valence-corrected chi connectivity index (χ4v) is 4.00. The van der Waals surface area contributed by atoms with Crippen LogP contribution in [0.1, 0.15) is 36.9 Å². The molecule has 0 bridgehead atoms. The number of benzene rings is 1. The van der Waals surface area contributed by atoms with Gasteiger partial charge in [0, 0.05) is 17.1 Å². The highest BCUT2D eigenvalue weighted by atomic mass is 32.2. The van der Waals surface area contributed by atoms with Crippen LogP contribution < -0.4 is 10.1 Å². The van der Waals surface area contributed by atoms with Gasteiger partial charge in [0.1, 0.15) is 5.75 Å². The van der Waals surface area contributed by atoms with Gasteiger partial charge in [-0.1, -0.05) is 25.1 Å². The standard InChI is InChI=1S/C17H25NO2S/c1-2-8-18-16(15-12-21-11-10-19-15)14-7-3-5-13-6-4-9-20-17(13)14/h3,5,7,15-16,18H,2,4,6,8-12H2,1H3. The number of fused-ring (bicyclic) bond motifs is 1. The van der Waals surface area contributed by atoms with Crippen molar-refractivity contribution in [1.29, 1.82) is 0 Å². The molecule has 4 heteroatoms. The maximum absolute atomic E-state index is 6.04. The molecule has 0 aliphatic carbocycles. The van der Waals surface area contributed by atoms with Crippen LogP contribution in [0.3, 0.4) is 0 Å². The van der Waals surface area contributed by atoms with Crippen LogP contribution in [-0.4, -0.2) is 37.4 Å². The fraction of sp³-hybridized carbons (Fsp3) is 0.647. The second-order valence-electron chi connectivity index (χ2n) is 5.70. The molecule has 1 fully saturated rings. The van der Waals surface area contributed by atoms with Gasteiger partial charge in [-0.05, 0) is 31.4 Å². The third kappa shape index (κ3) is 3.55. The molecule has 2 unspecified atom stereocenters. The van der Waals surface area contributed by atoms with Crippen molar-refractivity contribution < 1.29 is 9.47 Å². The van der Waals surface area contributed by atoms with E-state index in [0.717, 1.165) is 56.3 Å². The topological polar surface area (TPSA) is 30.5 Å². The number of rotatable bonds is 5. The van der Waals surface area contributed by atoms with Gasteiger partial charge in [0.05, 0.1) is 25.4 Å². The molecular weight excluding hydrogens is 282 g/mol. The highest BCUT2D eigenvalue weighted by molar-refractivity contribution is 7.99. The third-order valence-electron chi connectivity index (χ3n) is 4.13. The monoisotopic (exact) mass is 307 g/mol. The zero-order chi connectivity index (χ0) is 14.5. The van der Waals surface area contributed by atoms with E-state index in [-0.39, 0.29) is 12.1 Å². The summed E-state index contributed by atoms with van der Waals surface area (Å²) in [7, 11) is 0. The van der Waals surface area contributed by atoms with E-state index in [1.54, 1.807) is 0 Å². The van der Waals surface area contributed by atoms with E-state index in [0.29, 0.717) is 0 Å². The molecule has 21 heavy (non-hydrogen) atoms. The lowest BCUT2D eigenvalue weighted by Crippen LogP contribution is -2.39. The van der Waals surface area contributed by atoms with E-state index in [9.17, 15) is 0 Å². The summed E-state index contributed by atoms with van der Waals surface area (Å²) < 4.78 is 12.0. The SMILES string of the molecule is CCCNC(c1cccc2c1OCCC2)C1CSCCO1. The summed E-state index contributed by atoms with van der Waals surface area (Å²) in [6, 6.07) is 6.82. The molecule has 0 aromatic heterocycles. The number of ether oxygens (including phenoxy) is 2. The molecule has 1 saturated heterocycles. The maximum Gasteiger partial charge on any atom is 0.127 e. The molecule has 1 aromatic carbocycles. The maximum atomic E-state index is 6.04. The molecule has 3 rings (SSSR count). The Kier molecular flexibility index (Phi) is 5.44. The van der Waals surface area contributed by atoms with Crippen molar-refractivity contribution in [1.82, 2.24) is 5.32 Å². The van der Waals surface area contributed by atoms with E-state index < -0.39 is 0 Å². The number of hydrogen-bond acceptors (Lipinski definition) is 4. The van der Waals surface area contributed by atoms with Gasteiger partial charge in [-0.15, -0.1) is 0 Å². The van der Waals surface area contributed by atoms with Crippen LogP contribution in [0, 0.1) is 0 Å². The molecule has 2 atom stereocenters. The fourth-order valence-electron chi connectivity index (χ4n) is 3.10. The first-order chi connectivity index (χ1) is 10.4. The molecule has 0 saturated carbocycles. The highest BCUT2D eigenvalue weighted by Gasteiger charge is 2.29. The predicted molar refractivity (Wildman–Crippen MR) is 88.4 cm³/mol. The lowest BCUT2D eigenvalue weighted by Gasteiger charge is -2.33. The number of hydrogen-bond donors (Lipinski definition) is 1. The highest BCUT2D eigenvalue weighted by Crippen LogP contribution is 2.36. The number of aryl methyl sites for hydroxylation is 1. The van der Waals surface area contributed by atoms with Crippen LogP contribution in [0.25, 0.3) is 0 Å². The Hall–Kier alpha value is -0.710. The van der Waals surface area contributed by atoms with Crippen molar-refractivity contribution in [3.8, 4) is 5.75 Å². The largest absolute Gasteiger partial charge is 0.493 e. The zero-order valence-electron chi connectivity index (χ0n) is 12.8. The Bertz CT molecular complexity index is 460.